The summed E-state index contributed by atoms with van der Waals surface area (Å²) in [6.07, 6.45) is 1.74. The molecule has 76 valence electrons. The van der Waals surface area contributed by atoms with Crippen molar-refractivity contribution in [3.05, 3.63) is 17.5 Å². The second-order valence-corrected chi connectivity index (χ2v) is 3.59. The zero-order chi connectivity index (χ0) is 9.97. The number of aryl methyl sites for hydroxylation is 1. The predicted molar refractivity (Wildman–Crippen MR) is 51.5 cm³/mol. The Morgan fingerprint density at radius 3 is 3.00 bits per heavy atom. The summed E-state index contributed by atoms with van der Waals surface area (Å²) < 4.78 is 0. The van der Waals surface area contributed by atoms with E-state index >= 15 is 0 Å². The number of H-pyrrole nitrogens is 1. The fraction of sp³-hybridized carbons (Fsp3) is 0.556. The van der Waals surface area contributed by atoms with Gasteiger partial charge in [0.05, 0.1) is 12.1 Å². The molecule has 0 spiro atoms. The zero-order valence-corrected chi connectivity index (χ0v) is 8.13. The first-order valence-corrected chi connectivity index (χ1v) is 4.74. The summed E-state index contributed by atoms with van der Waals surface area (Å²) in [5.74, 6) is 0.284. The van der Waals surface area contributed by atoms with Crippen LogP contribution in [0.1, 0.15) is 11.3 Å². The number of nitrogens with one attached hydrogen (secondary N) is 3. The number of nitrogens with zero attached hydrogens (tertiary/aromatic N) is 1. The molecule has 1 aromatic heterocycles. The van der Waals surface area contributed by atoms with Crippen LogP contribution in [0.4, 0.5) is 0 Å². The minimum absolute atomic E-state index is 0.129. The Labute approximate surface area is 82.3 Å². The summed E-state index contributed by atoms with van der Waals surface area (Å²) in [6, 6.07) is 0. The largest absolute Gasteiger partial charge is 0.352 e. The lowest BCUT2D eigenvalue weighted by atomic mass is 10.0. The van der Waals surface area contributed by atoms with Crippen LogP contribution >= 0.6 is 0 Å². The topological polar surface area (TPSA) is 69.8 Å². The van der Waals surface area contributed by atoms with Gasteiger partial charge in [0.2, 0.25) is 5.91 Å². The fourth-order valence-corrected chi connectivity index (χ4v) is 1.35. The SMILES string of the molecule is Cc1[nH]ncc1CNC(=O)C1CNC1. The number of carbonyl (C=O) groups is 1. The molecule has 0 bridgehead atoms. The number of carbonyl (C=O) groups excluding carboxylic acids is 1. The molecule has 1 fully saturated rings. The highest BCUT2D eigenvalue weighted by molar-refractivity contribution is 5.79. The van der Waals surface area contributed by atoms with Gasteiger partial charge < -0.3 is 10.6 Å². The van der Waals surface area contributed by atoms with Gasteiger partial charge in [0.15, 0.2) is 0 Å². The summed E-state index contributed by atoms with van der Waals surface area (Å²) in [6.45, 7) is 4.11. The standard InChI is InChI=1S/C9H14N4O/c1-6-7(5-12-13-6)4-11-9(14)8-2-10-3-8/h5,8,10H,2-4H2,1H3,(H,11,14)(H,12,13). The molecule has 0 aromatic carbocycles. The Bertz CT molecular complexity index is 329. The first kappa shape index (κ1) is 9.21. The van der Waals surface area contributed by atoms with E-state index in [4.69, 9.17) is 0 Å². The number of hydrogen-bond acceptors (Lipinski definition) is 3. The number of aromatic amines is 1. The van der Waals surface area contributed by atoms with Crippen molar-refractivity contribution >= 4 is 5.91 Å². The molecular weight excluding hydrogens is 180 g/mol. The summed E-state index contributed by atoms with van der Waals surface area (Å²) >= 11 is 0. The highest BCUT2D eigenvalue weighted by Crippen LogP contribution is 2.05. The Kier molecular flexibility index (Phi) is 2.49. The fourth-order valence-electron chi connectivity index (χ4n) is 1.35. The quantitative estimate of drug-likeness (QED) is 0.610. The average molecular weight is 194 g/mol. The molecule has 0 atom stereocenters. The molecule has 5 heteroatoms. The monoisotopic (exact) mass is 194 g/mol. The lowest BCUT2D eigenvalue weighted by Gasteiger charge is -2.25. The predicted octanol–water partition coefficient (Wildman–Crippen LogP) is -0.446. The van der Waals surface area contributed by atoms with Gasteiger partial charge in [0.25, 0.3) is 0 Å². The lowest BCUT2D eigenvalue weighted by molar-refractivity contribution is -0.126. The maximum absolute atomic E-state index is 11.5. The Hall–Kier alpha value is -1.36. The molecule has 1 aromatic rings. The molecule has 0 aliphatic carbocycles. The van der Waals surface area contributed by atoms with Gasteiger partial charge in [-0.05, 0) is 6.92 Å². The molecule has 2 heterocycles. The first-order chi connectivity index (χ1) is 6.77. The van der Waals surface area contributed by atoms with Crippen LogP contribution in [-0.4, -0.2) is 29.2 Å². The van der Waals surface area contributed by atoms with Crippen molar-refractivity contribution in [2.45, 2.75) is 13.5 Å². The summed E-state index contributed by atoms with van der Waals surface area (Å²) in [5, 5.41) is 12.7. The maximum Gasteiger partial charge on any atom is 0.225 e. The molecule has 3 N–H and O–H groups in total. The molecule has 0 saturated carbocycles. The second-order valence-electron chi connectivity index (χ2n) is 3.59. The van der Waals surface area contributed by atoms with Gasteiger partial charge in [-0.2, -0.15) is 5.10 Å². The van der Waals surface area contributed by atoms with E-state index in [1.54, 1.807) is 6.20 Å². The summed E-state index contributed by atoms with van der Waals surface area (Å²) in [5.41, 5.74) is 2.06. The number of aromatic nitrogens is 2. The van der Waals surface area contributed by atoms with E-state index in [9.17, 15) is 4.79 Å². The van der Waals surface area contributed by atoms with Gasteiger partial charge in [-0.3, -0.25) is 9.89 Å². The molecule has 5 nitrogen and oxygen atoms in total. The minimum Gasteiger partial charge on any atom is -0.352 e. The molecule has 14 heavy (non-hydrogen) atoms. The number of amides is 1. The highest BCUT2D eigenvalue weighted by atomic mass is 16.2. The van der Waals surface area contributed by atoms with Gasteiger partial charge in [-0.15, -0.1) is 0 Å². The van der Waals surface area contributed by atoms with Crippen LogP contribution in [0.5, 0.6) is 0 Å². The van der Waals surface area contributed by atoms with E-state index in [1.807, 2.05) is 6.92 Å². The minimum atomic E-state index is 0.129. The van der Waals surface area contributed by atoms with Gasteiger partial charge >= 0.3 is 0 Å². The van der Waals surface area contributed by atoms with E-state index in [0.29, 0.717) is 6.54 Å². The van der Waals surface area contributed by atoms with Crippen LogP contribution in [0.15, 0.2) is 6.20 Å². The molecular formula is C9H14N4O. The van der Waals surface area contributed by atoms with Crippen LogP contribution in [0.3, 0.4) is 0 Å². The maximum atomic E-state index is 11.5. The molecule has 1 amide bonds. The van der Waals surface area contributed by atoms with Crippen molar-refractivity contribution in [3.8, 4) is 0 Å². The number of hydrogen-bond donors (Lipinski definition) is 3. The Balaban J connectivity index is 1.82. The zero-order valence-electron chi connectivity index (χ0n) is 8.13. The summed E-state index contributed by atoms with van der Waals surface area (Å²) in [4.78, 5) is 11.5. The molecule has 0 unspecified atom stereocenters. The van der Waals surface area contributed by atoms with Gasteiger partial charge in [-0.1, -0.05) is 0 Å². The Morgan fingerprint density at radius 2 is 2.50 bits per heavy atom. The smallest absolute Gasteiger partial charge is 0.225 e. The third kappa shape index (κ3) is 1.77. The second kappa shape index (κ2) is 3.79. The lowest BCUT2D eigenvalue weighted by Crippen LogP contribution is -2.50. The van der Waals surface area contributed by atoms with Crippen molar-refractivity contribution in [1.82, 2.24) is 20.8 Å². The van der Waals surface area contributed by atoms with Crippen molar-refractivity contribution in [2.24, 2.45) is 5.92 Å². The van der Waals surface area contributed by atoms with E-state index in [0.717, 1.165) is 24.3 Å². The van der Waals surface area contributed by atoms with Crippen molar-refractivity contribution in [3.63, 3.8) is 0 Å². The van der Waals surface area contributed by atoms with E-state index in [1.165, 1.54) is 0 Å². The third-order valence-electron chi connectivity index (χ3n) is 2.54. The molecule has 1 saturated heterocycles. The van der Waals surface area contributed by atoms with Crippen molar-refractivity contribution in [1.29, 1.82) is 0 Å². The van der Waals surface area contributed by atoms with Crippen LogP contribution in [0.2, 0.25) is 0 Å². The molecule has 0 radical (unpaired) electrons. The molecule has 1 aliphatic heterocycles. The normalized spacial score (nSPS) is 16.4. The van der Waals surface area contributed by atoms with Crippen LogP contribution in [-0.2, 0) is 11.3 Å². The molecule has 1 aliphatic rings. The van der Waals surface area contributed by atoms with E-state index < -0.39 is 0 Å². The highest BCUT2D eigenvalue weighted by Gasteiger charge is 2.24. The van der Waals surface area contributed by atoms with Crippen molar-refractivity contribution < 1.29 is 4.79 Å². The van der Waals surface area contributed by atoms with Crippen LogP contribution in [0, 0.1) is 12.8 Å². The number of rotatable bonds is 3. The first-order valence-electron chi connectivity index (χ1n) is 4.74. The van der Waals surface area contributed by atoms with Crippen LogP contribution in [0.25, 0.3) is 0 Å². The van der Waals surface area contributed by atoms with Crippen molar-refractivity contribution in [2.75, 3.05) is 13.1 Å². The van der Waals surface area contributed by atoms with Gasteiger partial charge in [0.1, 0.15) is 0 Å². The average Bonchev–Trinajstić information content (AvgIpc) is 2.44. The summed E-state index contributed by atoms with van der Waals surface area (Å²) in [7, 11) is 0. The Morgan fingerprint density at radius 1 is 1.71 bits per heavy atom. The van der Waals surface area contributed by atoms with E-state index in [2.05, 4.69) is 20.8 Å². The van der Waals surface area contributed by atoms with Crippen LogP contribution < -0.4 is 10.6 Å². The van der Waals surface area contributed by atoms with E-state index in [-0.39, 0.29) is 11.8 Å². The van der Waals surface area contributed by atoms with Gasteiger partial charge in [0, 0.05) is 30.9 Å². The van der Waals surface area contributed by atoms with Gasteiger partial charge in [-0.25, -0.2) is 0 Å². The third-order valence-corrected chi connectivity index (χ3v) is 2.54. The molecule has 2 rings (SSSR count).